The number of methoxy groups -OCH3 is 3. The predicted octanol–water partition coefficient (Wildman–Crippen LogP) is 4.95. The third-order valence-corrected chi connectivity index (χ3v) is 5.35. The number of aliphatic imine (C=N–C) groups is 1. The van der Waals surface area contributed by atoms with Crippen molar-refractivity contribution in [3.8, 4) is 23.0 Å². The van der Waals surface area contributed by atoms with E-state index in [0.717, 1.165) is 5.75 Å². The Labute approximate surface area is 198 Å². The van der Waals surface area contributed by atoms with Gasteiger partial charge in [0.2, 0.25) is 0 Å². The van der Waals surface area contributed by atoms with E-state index in [2.05, 4.69) is 0 Å². The molecule has 1 aliphatic rings. The third kappa shape index (κ3) is 4.45. The summed E-state index contributed by atoms with van der Waals surface area (Å²) in [6.45, 7) is 2.49. The normalized spacial score (nSPS) is 14.2. The van der Waals surface area contributed by atoms with Crippen molar-refractivity contribution >= 4 is 23.5 Å². The highest BCUT2D eigenvalue weighted by Gasteiger charge is 2.34. The number of para-hydroxylation sites is 1. The molecule has 3 aromatic rings. The first-order chi connectivity index (χ1) is 16.6. The summed E-state index contributed by atoms with van der Waals surface area (Å²) in [6, 6.07) is 20.2. The number of nitrogens with zero attached hydrogens (tertiary/aromatic N) is 2. The second-order valence-electron chi connectivity index (χ2n) is 7.34. The highest BCUT2D eigenvalue weighted by Crippen LogP contribution is 2.33. The standard InChI is InChI=1S/C27H26N2O5/c1-5-34-20-14-11-19(12-15-20)29-26(22-8-6-7-9-24(22)32-3)28-23(27(29)30)16-18-10-13-21(31-2)17-25(18)33-4/h6-17H,5H2,1-4H3/b23-16-. The van der Waals surface area contributed by atoms with Crippen molar-refractivity contribution in [1.29, 1.82) is 0 Å². The maximum Gasteiger partial charge on any atom is 0.282 e. The molecule has 0 fully saturated rings. The Balaban J connectivity index is 1.83. The minimum atomic E-state index is -0.261. The molecule has 0 aliphatic carbocycles. The summed E-state index contributed by atoms with van der Waals surface area (Å²) in [4.78, 5) is 19.9. The molecular weight excluding hydrogens is 432 g/mol. The fraction of sp³-hybridized carbons (Fsp3) is 0.185. The van der Waals surface area contributed by atoms with E-state index in [9.17, 15) is 4.79 Å². The number of benzene rings is 3. The molecular formula is C27H26N2O5. The number of amidine groups is 1. The number of carbonyl (C=O) groups is 1. The van der Waals surface area contributed by atoms with Crippen molar-refractivity contribution in [3.63, 3.8) is 0 Å². The zero-order valence-electron chi connectivity index (χ0n) is 19.6. The van der Waals surface area contributed by atoms with Crippen molar-refractivity contribution in [2.24, 2.45) is 4.99 Å². The maximum absolute atomic E-state index is 13.6. The second-order valence-corrected chi connectivity index (χ2v) is 7.34. The first-order valence-corrected chi connectivity index (χ1v) is 10.8. The van der Waals surface area contributed by atoms with Gasteiger partial charge in [0.25, 0.3) is 5.91 Å². The van der Waals surface area contributed by atoms with Gasteiger partial charge in [-0.1, -0.05) is 12.1 Å². The van der Waals surface area contributed by atoms with E-state index in [1.807, 2.05) is 67.6 Å². The van der Waals surface area contributed by atoms with Crippen LogP contribution in [-0.4, -0.2) is 39.7 Å². The van der Waals surface area contributed by atoms with Crippen LogP contribution in [0.3, 0.4) is 0 Å². The lowest BCUT2D eigenvalue weighted by molar-refractivity contribution is -0.113. The number of hydrogen-bond donors (Lipinski definition) is 0. The van der Waals surface area contributed by atoms with Crippen LogP contribution in [0.2, 0.25) is 0 Å². The Morgan fingerprint density at radius 1 is 0.853 bits per heavy atom. The Morgan fingerprint density at radius 2 is 1.56 bits per heavy atom. The number of rotatable bonds is 8. The van der Waals surface area contributed by atoms with Crippen molar-refractivity contribution in [2.75, 3.05) is 32.8 Å². The van der Waals surface area contributed by atoms with Crippen LogP contribution < -0.4 is 23.8 Å². The van der Waals surface area contributed by atoms with Gasteiger partial charge in [0.15, 0.2) is 5.84 Å². The fourth-order valence-corrected chi connectivity index (χ4v) is 3.71. The van der Waals surface area contributed by atoms with Crippen LogP contribution in [0.4, 0.5) is 5.69 Å². The molecule has 0 spiro atoms. The zero-order valence-corrected chi connectivity index (χ0v) is 19.6. The predicted molar refractivity (Wildman–Crippen MR) is 132 cm³/mol. The Morgan fingerprint density at radius 3 is 2.24 bits per heavy atom. The highest BCUT2D eigenvalue weighted by molar-refractivity contribution is 6.33. The smallest absolute Gasteiger partial charge is 0.282 e. The largest absolute Gasteiger partial charge is 0.497 e. The van der Waals surface area contributed by atoms with Gasteiger partial charge in [0.05, 0.1) is 39.2 Å². The molecule has 34 heavy (non-hydrogen) atoms. The minimum Gasteiger partial charge on any atom is -0.497 e. The Bertz CT molecular complexity index is 1250. The van der Waals surface area contributed by atoms with Crippen LogP contribution in [0.1, 0.15) is 18.1 Å². The third-order valence-electron chi connectivity index (χ3n) is 5.35. The summed E-state index contributed by atoms with van der Waals surface area (Å²) < 4.78 is 21.9. The lowest BCUT2D eigenvalue weighted by Gasteiger charge is -2.20. The van der Waals surface area contributed by atoms with E-state index in [4.69, 9.17) is 23.9 Å². The van der Waals surface area contributed by atoms with Gasteiger partial charge >= 0.3 is 0 Å². The number of amides is 1. The van der Waals surface area contributed by atoms with Gasteiger partial charge in [0, 0.05) is 11.6 Å². The first kappa shape index (κ1) is 22.9. The van der Waals surface area contributed by atoms with E-state index >= 15 is 0 Å². The maximum atomic E-state index is 13.6. The molecule has 3 aromatic carbocycles. The minimum absolute atomic E-state index is 0.261. The molecule has 174 valence electrons. The molecule has 4 rings (SSSR count). The van der Waals surface area contributed by atoms with Crippen LogP contribution >= 0.6 is 0 Å². The second kappa shape index (κ2) is 10.1. The molecule has 1 amide bonds. The van der Waals surface area contributed by atoms with Crippen molar-refractivity contribution in [1.82, 2.24) is 0 Å². The molecule has 7 nitrogen and oxygen atoms in total. The molecule has 0 radical (unpaired) electrons. The van der Waals surface area contributed by atoms with Gasteiger partial charge in [-0.3, -0.25) is 9.69 Å². The lowest BCUT2D eigenvalue weighted by atomic mass is 10.1. The molecule has 0 saturated carbocycles. The summed E-state index contributed by atoms with van der Waals surface area (Å²) in [5, 5.41) is 0. The zero-order chi connectivity index (χ0) is 24.1. The van der Waals surface area contributed by atoms with E-state index < -0.39 is 0 Å². The molecule has 0 bridgehead atoms. The number of ether oxygens (including phenoxy) is 4. The number of anilines is 1. The monoisotopic (exact) mass is 458 g/mol. The topological polar surface area (TPSA) is 69.6 Å². The molecule has 0 N–H and O–H groups in total. The molecule has 1 heterocycles. The van der Waals surface area contributed by atoms with E-state index in [1.165, 1.54) is 0 Å². The molecule has 0 unspecified atom stereocenters. The van der Waals surface area contributed by atoms with Gasteiger partial charge in [0.1, 0.15) is 28.7 Å². The summed E-state index contributed by atoms with van der Waals surface area (Å²) >= 11 is 0. The Hall–Kier alpha value is -4.26. The van der Waals surface area contributed by atoms with Crippen molar-refractivity contribution in [2.45, 2.75) is 6.92 Å². The van der Waals surface area contributed by atoms with Gasteiger partial charge in [-0.05, 0) is 61.5 Å². The average Bonchev–Trinajstić information content (AvgIpc) is 3.20. The van der Waals surface area contributed by atoms with Gasteiger partial charge < -0.3 is 18.9 Å². The van der Waals surface area contributed by atoms with Crippen LogP contribution in [0, 0.1) is 0 Å². The van der Waals surface area contributed by atoms with Gasteiger partial charge in [-0.2, -0.15) is 0 Å². The van der Waals surface area contributed by atoms with Crippen LogP contribution in [0.15, 0.2) is 77.4 Å². The molecule has 1 aliphatic heterocycles. The van der Waals surface area contributed by atoms with Crippen molar-refractivity contribution < 1.29 is 23.7 Å². The molecule has 0 aromatic heterocycles. The Kier molecular flexibility index (Phi) is 6.82. The van der Waals surface area contributed by atoms with Crippen LogP contribution in [0.25, 0.3) is 6.08 Å². The van der Waals surface area contributed by atoms with Crippen molar-refractivity contribution in [3.05, 3.63) is 83.6 Å². The molecule has 7 heteroatoms. The number of carbonyl (C=O) groups excluding carboxylic acids is 1. The quantitative estimate of drug-likeness (QED) is 0.447. The van der Waals surface area contributed by atoms with E-state index in [-0.39, 0.29) is 11.6 Å². The average molecular weight is 459 g/mol. The first-order valence-electron chi connectivity index (χ1n) is 10.8. The highest BCUT2D eigenvalue weighted by atomic mass is 16.5. The summed E-state index contributed by atoms with van der Waals surface area (Å²) in [5.74, 6) is 2.80. The van der Waals surface area contributed by atoms with E-state index in [0.29, 0.717) is 46.5 Å². The summed E-state index contributed by atoms with van der Waals surface area (Å²) in [7, 11) is 4.76. The van der Waals surface area contributed by atoms with Crippen LogP contribution in [0.5, 0.6) is 23.0 Å². The SMILES string of the molecule is CCOc1ccc(N2C(=O)/C(=C/c3ccc(OC)cc3OC)N=C2c2ccccc2OC)cc1. The summed E-state index contributed by atoms with van der Waals surface area (Å²) in [5.41, 5.74) is 2.36. The fourth-order valence-electron chi connectivity index (χ4n) is 3.71. The van der Waals surface area contributed by atoms with Crippen LogP contribution in [-0.2, 0) is 4.79 Å². The lowest BCUT2D eigenvalue weighted by Crippen LogP contribution is -2.32. The van der Waals surface area contributed by atoms with Gasteiger partial charge in [-0.15, -0.1) is 0 Å². The summed E-state index contributed by atoms with van der Waals surface area (Å²) in [6.07, 6.45) is 1.71. The molecule has 0 saturated heterocycles. The van der Waals surface area contributed by atoms with Gasteiger partial charge in [-0.25, -0.2) is 4.99 Å². The van der Waals surface area contributed by atoms with E-state index in [1.54, 1.807) is 38.4 Å². The number of hydrogen-bond acceptors (Lipinski definition) is 6. The molecule has 0 atom stereocenters.